The summed E-state index contributed by atoms with van der Waals surface area (Å²) in [5.41, 5.74) is 0. The van der Waals surface area contributed by atoms with Crippen molar-refractivity contribution in [1.82, 2.24) is 9.80 Å². The van der Waals surface area contributed by atoms with Gasteiger partial charge in [0.15, 0.2) is 0 Å². The van der Waals surface area contributed by atoms with Gasteiger partial charge in [-0.25, -0.2) is 0 Å². The zero-order valence-electron chi connectivity index (χ0n) is 17.5. The Morgan fingerprint density at radius 3 is 1.13 bits per heavy atom. The molecule has 1 N–H and O–H groups in total. The van der Waals surface area contributed by atoms with E-state index in [0.29, 0.717) is 0 Å². The molecule has 0 radical (unpaired) electrons. The van der Waals surface area contributed by atoms with Crippen LogP contribution in [0.2, 0.25) is 0 Å². The second-order valence-corrected chi connectivity index (χ2v) is 6.88. The van der Waals surface area contributed by atoms with Crippen molar-refractivity contribution in [2.75, 3.05) is 13.1 Å². The van der Waals surface area contributed by atoms with E-state index < -0.39 is 57.4 Å². The summed E-state index contributed by atoms with van der Waals surface area (Å²) < 4.78 is 28.5. The molecule has 0 saturated carbocycles. The van der Waals surface area contributed by atoms with Crippen molar-refractivity contribution >= 4 is 45.7 Å². The average molecular weight is 470 g/mol. The number of carboxylic acids is 2. The molecule has 1 atom stereocenters. The SMILES string of the molecule is CC(=O)N(CCN(C(C)=O)C(C)=O)C(C)=O.O=C([O-])CC(C(=O)[O-])S(=O)(=O)O.[Na+].[Na+]. The molecule has 0 aliphatic carbocycles. The van der Waals surface area contributed by atoms with Gasteiger partial charge in [-0.2, -0.15) is 8.42 Å². The summed E-state index contributed by atoms with van der Waals surface area (Å²) in [6.07, 6.45) is -1.33. The van der Waals surface area contributed by atoms with Crippen LogP contribution in [0.1, 0.15) is 34.1 Å². The summed E-state index contributed by atoms with van der Waals surface area (Å²) in [4.78, 5) is 65.9. The van der Waals surface area contributed by atoms with Crippen LogP contribution in [0.15, 0.2) is 0 Å². The molecule has 30 heavy (non-hydrogen) atoms. The maximum atomic E-state index is 11.1. The predicted octanol–water partition coefficient (Wildman–Crippen LogP) is -10.1. The number of hydrogen-bond donors (Lipinski definition) is 1. The summed E-state index contributed by atoms with van der Waals surface area (Å²) in [5, 5.41) is 17.3. The molecule has 160 valence electrons. The second-order valence-electron chi connectivity index (χ2n) is 5.28. The van der Waals surface area contributed by atoms with Gasteiger partial charge in [0.05, 0.1) is 5.97 Å². The first-order valence-corrected chi connectivity index (χ1v) is 8.97. The van der Waals surface area contributed by atoms with E-state index in [1.807, 2.05) is 0 Å². The van der Waals surface area contributed by atoms with Crippen molar-refractivity contribution in [2.24, 2.45) is 0 Å². The minimum Gasteiger partial charge on any atom is -0.550 e. The molecule has 1 unspecified atom stereocenters. The van der Waals surface area contributed by atoms with Gasteiger partial charge in [-0.1, -0.05) is 0 Å². The molecule has 0 aromatic rings. The van der Waals surface area contributed by atoms with E-state index in [1.165, 1.54) is 27.7 Å². The van der Waals surface area contributed by atoms with Crippen LogP contribution in [-0.2, 0) is 38.9 Å². The monoisotopic (exact) mass is 470 g/mol. The zero-order chi connectivity index (χ0) is 22.8. The molecule has 0 aliphatic rings. The van der Waals surface area contributed by atoms with Gasteiger partial charge in [-0.05, 0) is 0 Å². The van der Waals surface area contributed by atoms with Crippen LogP contribution in [0.3, 0.4) is 0 Å². The number of amides is 4. The minimum absolute atomic E-state index is 0. The summed E-state index contributed by atoms with van der Waals surface area (Å²) in [7, 11) is -4.94. The molecule has 4 amide bonds. The summed E-state index contributed by atoms with van der Waals surface area (Å²) in [5.74, 6) is -5.69. The fourth-order valence-corrected chi connectivity index (χ4v) is 2.32. The van der Waals surface area contributed by atoms with Crippen LogP contribution in [0.4, 0.5) is 0 Å². The number of imide groups is 2. The Labute approximate surface area is 217 Å². The molecule has 0 heterocycles. The number of nitrogens with zero attached hydrogens (tertiary/aromatic N) is 2. The smallest absolute Gasteiger partial charge is 0.550 e. The van der Waals surface area contributed by atoms with Crippen molar-refractivity contribution in [1.29, 1.82) is 0 Å². The van der Waals surface area contributed by atoms with E-state index in [1.54, 1.807) is 0 Å². The van der Waals surface area contributed by atoms with Crippen molar-refractivity contribution in [2.45, 2.75) is 39.4 Å². The van der Waals surface area contributed by atoms with E-state index >= 15 is 0 Å². The molecule has 16 heteroatoms. The van der Waals surface area contributed by atoms with Gasteiger partial charge in [0.2, 0.25) is 23.6 Å². The fraction of sp³-hybridized carbons (Fsp3) is 0.571. The fourth-order valence-electron chi connectivity index (χ4n) is 1.73. The molecule has 13 nitrogen and oxygen atoms in total. The number of rotatable bonds is 7. The maximum Gasteiger partial charge on any atom is 1.00 e. The van der Waals surface area contributed by atoms with Crippen molar-refractivity contribution in [3.63, 3.8) is 0 Å². The van der Waals surface area contributed by atoms with Crippen molar-refractivity contribution < 1.29 is 111 Å². The van der Waals surface area contributed by atoms with E-state index in [9.17, 15) is 47.4 Å². The summed E-state index contributed by atoms with van der Waals surface area (Å²) in [6, 6.07) is 0. The van der Waals surface area contributed by atoms with Gasteiger partial charge in [0.25, 0.3) is 10.1 Å². The largest absolute Gasteiger partial charge is 1.00 e. The first kappa shape index (κ1) is 36.5. The van der Waals surface area contributed by atoms with Crippen LogP contribution in [-0.4, -0.2) is 76.7 Å². The molecular weight excluding hydrogens is 450 g/mol. The normalized spacial score (nSPS) is 10.6. The van der Waals surface area contributed by atoms with E-state index in [-0.39, 0.29) is 72.2 Å². The quantitative estimate of drug-likeness (QED) is 0.273. The maximum absolute atomic E-state index is 11.1. The third-order valence-electron chi connectivity index (χ3n) is 3.04. The molecule has 0 aliphatic heterocycles. The molecule has 0 bridgehead atoms. The van der Waals surface area contributed by atoms with E-state index in [4.69, 9.17) is 4.55 Å². The number of carbonyl (C=O) groups excluding carboxylic acids is 6. The number of carbonyl (C=O) groups is 6. The van der Waals surface area contributed by atoms with Crippen LogP contribution in [0.25, 0.3) is 0 Å². The van der Waals surface area contributed by atoms with Gasteiger partial charge in [-0.3, -0.25) is 33.5 Å². The van der Waals surface area contributed by atoms with Gasteiger partial charge < -0.3 is 19.8 Å². The van der Waals surface area contributed by atoms with Gasteiger partial charge in [0.1, 0.15) is 5.25 Å². The van der Waals surface area contributed by atoms with E-state index in [2.05, 4.69) is 0 Å². The standard InChI is InChI=1S/C10H16N2O4.C4H6O7S.2Na/c1-7(13)11(8(2)14)5-6-12(9(3)15)10(4)16;5-3(6)1-2(4(7)8)12(9,10)11;;/h5-6H2,1-4H3;2H,1H2,(H,5,6)(H,7,8)(H,9,10,11);;/q;;2*+1/p-2. The Hall–Kier alpha value is -0.870. The van der Waals surface area contributed by atoms with Crippen LogP contribution in [0, 0.1) is 0 Å². The Morgan fingerprint density at radius 2 is 1.03 bits per heavy atom. The third kappa shape index (κ3) is 15.9. The molecule has 0 rings (SSSR count). The average Bonchev–Trinajstić information content (AvgIpc) is 2.46. The number of aliphatic carboxylic acids is 2. The second kappa shape index (κ2) is 16.8. The third-order valence-corrected chi connectivity index (χ3v) is 4.12. The topological polar surface area (TPSA) is 209 Å². The molecule has 0 fully saturated rings. The molecule has 0 aromatic carbocycles. The zero-order valence-corrected chi connectivity index (χ0v) is 22.3. The Kier molecular flexibility index (Phi) is 20.4. The summed E-state index contributed by atoms with van der Waals surface area (Å²) >= 11 is 0. The van der Waals surface area contributed by atoms with Crippen molar-refractivity contribution in [3.8, 4) is 0 Å². The van der Waals surface area contributed by atoms with Crippen molar-refractivity contribution in [3.05, 3.63) is 0 Å². The Morgan fingerprint density at radius 1 is 0.767 bits per heavy atom. The van der Waals surface area contributed by atoms with Gasteiger partial charge in [0, 0.05) is 53.2 Å². The summed E-state index contributed by atoms with van der Waals surface area (Å²) in [6.45, 7) is 5.09. The number of carboxylic acid groups (broad SMARTS) is 2. The van der Waals surface area contributed by atoms with Crippen LogP contribution in [0.5, 0.6) is 0 Å². The van der Waals surface area contributed by atoms with E-state index in [0.717, 1.165) is 9.80 Å². The van der Waals surface area contributed by atoms with Crippen LogP contribution < -0.4 is 69.3 Å². The first-order valence-electron chi connectivity index (χ1n) is 7.46. The molecule has 0 aromatic heterocycles. The predicted molar refractivity (Wildman–Crippen MR) is 86.1 cm³/mol. The Balaban J connectivity index is -0.000000219. The van der Waals surface area contributed by atoms with Crippen LogP contribution >= 0.6 is 0 Å². The first-order chi connectivity index (χ1) is 12.5. The minimum atomic E-state index is -4.94. The Bertz CT molecular complexity index is 695. The molecule has 0 saturated heterocycles. The van der Waals surface area contributed by atoms with Gasteiger partial charge >= 0.3 is 59.1 Å². The molecule has 0 spiro atoms. The van der Waals surface area contributed by atoms with Gasteiger partial charge in [-0.15, -0.1) is 0 Å². The number of hydrogen-bond acceptors (Lipinski definition) is 10. The molecular formula is C14H20N2Na2O11S.